The molecule has 5 aromatic rings. The summed E-state index contributed by atoms with van der Waals surface area (Å²) in [5.74, 6) is -22.7. The first-order valence-electron chi connectivity index (χ1n) is 21.1. The maximum atomic E-state index is 15.8. The van der Waals surface area contributed by atoms with Crippen molar-refractivity contribution in [2.24, 2.45) is 0 Å². The van der Waals surface area contributed by atoms with Gasteiger partial charge in [0, 0.05) is 24.3 Å². The van der Waals surface area contributed by atoms with Crippen LogP contribution in [0.1, 0.15) is 102 Å². The van der Waals surface area contributed by atoms with E-state index in [1.165, 1.54) is 0 Å². The molecule has 0 spiro atoms. The van der Waals surface area contributed by atoms with Crippen LogP contribution < -0.4 is 18.9 Å². The molecule has 0 amide bonds. The molecule has 0 radical (unpaired) electrons. The van der Waals surface area contributed by atoms with Crippen LogP contribution in [0.15, 0.2) is 60.7 Å². The highest BCUT2D eigenvalue weighted by Gasteiger charge is 2.43. The Hall–Kier alpha value is -5.68. The zero-order valence-corrected chi connectivity index (χ0v) is 35.6. The van der Waals surface area contributed by atoms with Crippen molar-refractivity contribution in [2.45, 2.75) is 103 Å². The molecular weight excluding hydrogens is 906 g/mol. The molecule has 18 heteroatoms. The summed E-state index contributed by atoms with van der Waals surface area (Å²) in [7, 11) is 0. The standard InChI is InChI=1S/C48H44F14O4/c1-3-5-7-9-11-13-15-63-41-25-31(27-17-33(49)43(34(50)18-27)47(59,60)65-29-21-37(53)45(57)38(54)22-29)32(26-42(41)64-16-14-12-10-8-6-4-2)28-19-35(51)44(36(52)20-28)48(61,62)66-30-23-39(55)46(58)40(56)24-30/h17-26H,3-16H2,1-2H3. The van der Waals surface area contributed by atoms with Crippen LogP contribution in [0.4, 0.5) is 61.5 Å². The van der Waals surface area contributed by atoms with Crippen molar-refractivity contribution in [3.8, 4) is 45.3 Å². The molecule has 0 heterocycles. The fraction of sp³-hybridized carbons (Fsp3) is 0.375. The number of rotatable bonds is 24. The first-order chi connectivity index (χ1) is 31.3. The summed E-state index contributed by atoms with van der Waals surface area (Å²) in [5, 5.41) is 0. The fourth-order valence-corrected chi connectivity index (χ4v) is 6.99. The van der Waals surface area contributed by atoms with E-state index in [2.05, 4.69) is 9.47 Å². The second-order valence-corrected chi connectivity index (χ2v) is 15.3. The largest absolute Gasteiger partial charge is 0.490 e. The molecule has 0 N–H and O–H groups in total. The third kappa shape index (κ3) is 12.8. The molecule has 5 aromatic carbocycles. The highest BCUT2D eigenvalue weighted by atomic mass is 19.3. The Balaban J connectivity index is 1.62. The molecule has 66 heavy (non-hydrogen) atoms. The molecule has 5 rings (SSSR count). The fourth-order valence-electron chi connectivity index (χ4n) is 6.99. The number of hydrogen-bond acceptors (Lipinski definition) is 4. The molecule has 0 aliphatic rings. The van der Waals surface area contributed by atoms with Crippen LogP contribution in [0.2, 0.25) is 0 Å². The Morgan fingerprint density at radius 3 is 0.955 bits per heavy atom. The lowest BCUT2D eigenvalue weighted by Crippen LogP contribution is -2.25. The lowest BCUT2D eigenvalue weighted by molar-refractivity contribution is -0.190. The quantitative estimate of drug-likeness (QED) is 0.0351. The Kier molecular flexibility index (Phi) is 17.6. The molecular formula is C48H44F14O4. The first kappa shape index (κ1) is 51.3. The molecule has 0 unspecified atom stereocenters. The van der Waals surface area contributed by atoms with Crippen molar-refractivity contribution in [1.29, 1.82) is 0 Å². The summed E-state index contributed by atoms with van der Waals surface area (Å²) in [6.45, 7) is 4.24. The van der Waals surface area contributed by atoms with Gasteiger partial charge in [-0.25, -0.2) is 43.9 Å². The second-order valence-electron chi connectivity index (χ2n) is 15.3. The monoisotopic (exact) mass is 950 g/mol. The molecule has 0 fully saturated rings. The lowest BCUT2D eigenvalue weighted by Gasteiger charge is -2.22. The van der Waals surface area contributed by atoms with Gasteiger partial charge in [0.25, 0.3) is 0 Å². The predicted octanol–water partition coefficient (Wildman–Crippen LogP) is 16.1. The topological polar surface area (TPSA) is 36.9 Å². The number of unbranched alkanes of at least 4 members (excludes halogenated alkanes) is 10. The number of hydrogen-bond donors (Lipinski definition) is 0. The first-order valence-corrected chi connectivity index (χ1v) is 21.1. The van der Waals surface area contributed by atoms with Crippen molar-refractivity contribution in [3.63, 3.8) is 0 Å². The average molecular weight is 951 g/mol. The van der Waals surface area contributed by atoms with Crippen LogP contribution in [-0.2, 0) is 12.2 Å². The van der Waals surface area contributed by atoms with Gasteiger partial charge in [-0.1, -0.05) is 78.1 Å². The number of alkyl halides is 4. The van der Waals surface area contributed by atoms with E-state index in [1.54, 1.807) is 0 Å². The van der Waals surface area contributed by atoms with E-state index in [4.69, 9.17) is 9.47 Å². The lowest BCUT2D eigenvalue weighted by atomic mass is 9.92. The zero-order chi connectivity index (χ0) is 48.3. The van der Waals surface area contributed by atoms with Gasteiger partial charge in [-0.15, -0.1) is 0 Å². The number of benzene rings is 5. The van der Waals surface area contributed by atoms with Crippen molar-refractivity contribution in [1.82, 2.24) is 0 Å². The van der Waals surface area contributed by atoms with Crippen LogP contribution in [0.25, 0.3) is 22.3 Å². The maximum Gasteiger partial charge on any atom is 0.432 e. The van der Waals surface area contributed by atoms with Gasteiger partial charge in [-0.05, 0) is 71.5 Å². The highest BCUT2D eigenvalue weighted by Crippen LogP contribution is 2.46. The molecule has 0 aliphatic carbocycles. The van der Waals surface area contributed by atoms with Crippen molar-refractivity contribution in [2.75, 3.05) is 13.2 Å². The normalized spacial score (nSPS) is 11.9. The third-order valence-electron chi connectivity index (χ3n) is 10.3. The van der Waals surface area contributed by atoms with Gasteiger partial charge in [0.1, 0.15) is 45.9 Å². The minimum atomic E-state index is -4.99. The maximum absolute atomic E-state index is 15.8. The van der Waals surface area contributed by atoms with Gasteiger partial charge in [0.2, 0.25) is 0 Å². The summed E-state index contributed by atoms with van der Waals surface area (Å²) in [4.78, 5) is 0. The third-order valence-corrected chi connectivity index (χ3v) is 10.3. The summed E-state index contributed by atoms with van der Waals surface area (Å²) in [6.07, 6.45) is 0.248. The van der Waals surface area contributed by atoms with E-state index in [9.17, 15) is 26.3 Å². The average Bonchev–Trinajstić information content (AvgIpc) is 3.23. The van der Waals surface area contributed by atoms with Gasteiger partial charge in [-0.2, -0.15) is 17.6 Å². The minimum Gasteiger partial charge on any atom is -0.490 e. The zero-order valence-electron chi connectivity index (χ0n) is 35.6. The van der Waals surface area contributed by atoms with E-state index in [1.807, 2.05) is 13.8 Å². The molecule has 4 nitrogen and oxygen atoms in total. The number of ether oxygens (including phenoxy) is 4. The van der Waals surface area contributed by atoms with Gasteiger partial charge in [0.05, 0.1) is 13.2 Å². The van der Waals surface area contributed by atoms with Crippen LogP contribution in [0.3, 0.4) is 0 Å². The van der Waals surface area contributed by atoms with E-state index in [0.717, 1.165) is 76.3 Å². The molecule has 0 aromatic heterocycles. The molecule has 0 aliphatic heterocycles. The van der Waals surface area contributed by atoms with E-state index < -0.39 is 104 Å². The Labute approximate surface area is 371 Å². The SMILES string of the molecule is CCCCCCCCOc1cc(-c2cc(F)c(C(F)(F)Oc3cc(F)c(F)c(F)c3)c(F)c2)c(-c2cc(F)c(C(F)(F)Oc3cc(F)c(F)c(F)c3)c(F)c2)cc1OCCCCCCCC. The van der Waals surface area contributed by atoms with E-state index in [-0.39, 0.29) is 60.1 Å². The highest BCUT2D eigenvalue weighted by molar-refractivity contribution is 5.86. The molecule has 0 bridgehead atoms. The van der Waals surface area contributed by atoms with Gasteiger partial charge in [0.15, 0.2) is 46.4 Å². The Morgan fingerprint density at radius 1 is 0.364 bits per heavy atom. The van der Waals surface area contributed by atoms with E-state index >= 15 is 35.1 Å². The smallest absolute Gasteiger partial charge is 0.432 e. The number of halogens is 14. The summed E-state index contributed by atoms with van der Waals surface area (Å²) >= 11 is 0. The van der Waals surface area contributed by atoms with Crippen LogP contribution >= 0.6 is 0 Å². The Bertz CT molecular complexity index is 2200. The second kappa shape index (κ2) is 22.7. The van der Waals surface area contributed by atoms with Crippen molar-refractivity contribution in [3.05, 3.63) is 130 Å². The summed E-state index contributed by atoms with van der Waals surface area (Å²) in [5.41, 5.74) is -6.07. The molecule has 0 atom stereocenters. The minimum absolute atomic E-state index is 0.0134. The Morgan fingerprint density at radius 2 is 0.652 bits per heavy atom. The van der Waals surface area contributed by atoms with E-state index in [0.29, 0.717) is 37.1 Å². The molecule has 0 saturated heterocycles. The molecule has 0 saturated carbocycles. The van der Waals surface area contributed by atoms with Gasteiger partial charge >= 0.3 is 12.2 Å². The summed E-state index contributed by atoms with van der Waals surface area (Å²) in [6, 6.07) is 3.76. The molecule has 358 valence electrons. The van der Waals surface area contributed by atoms with Gasteiger partial charge in [-0.3, -0.25) is 0 Å². The van der Waals surface area contributed by atoms with Gasteiger partial charge < -0.3 is 18.9 Å². The summed E-state index contributed by atoms with van der Waals surface area (Å²) < 4.78 is 227. The van der Waals surface area contributed by atoms with Crippen LogP contribution in [-0.4, -0.2) is 13.2 Å². The van der Waals surface area contributed by atoms with Crippen molar-refractivity contribution >= 4 is 0 Å². The van der Waals surface area contributed by atoms with Crippen molar-refractivity contribution < 1.29 is 80.4 Å². The van der Waals surface area contributed by atoms with Crippen LogP contribution in [0, 0.1) is 58.2 Å². The predicted molar refractivity (Wildman–Crippen MR) is 217 cm³/mol. The van der Waals surface area contributed by atoms with Crippen LogP contribution in [0.5, 0.6) is 23.0 Å².